The molecule has 0 heterocycles. The van der Waals surface area contributed by atoms with E-state index in [0.717, 1.165) is 23.3 Å². The second-order valence-electron chi connectivity index (χ2n) is 13.9. The summed E-state index contributed by atoms with van der Waals surface area (Å²) in [5.74, 6) is -0.837. The molecular weight excluding hydrogens is 593 g/mol. The van der Waals surface area contributed by atoms with Crippen molar-refractivity contribution in [1.82, 2.24) is 10.2 Å². The molecule has 252 valence electrons. The molecule has 0 saturated heterocycles. The van der Waals surface area contributed by atoms with Gasteiger partial charge in [-0.15, -0.1) is 0 Å². The van der Waals surface area contributed by atoms with Gasteiger partial charge in [-0.2, -0.15) is 13.2 Å². The predicted octanol–water partition coefficient (Wildman–Crippen LogP) is 7.80. The number of aliphatic hydroxyl groups is 2. The maximum absolute atomic E-state index is 14.1. The zero-order valence-electron chi connectivity index (χ0n) is 27.7. The number of fused-ring (bicyclic) bond motifs is 8. The van der Waals surface area contributed by atoms with Crippen molar-refractivity contribution < 1.29 is 33.0 Å². The van der Waals surface area contributed by atoms with Crippen LogP contribution in [0.5, 0.6) is 0 Å². The molecule has 2 aromatic rings. The minimum atomic E-state index is -4.60. The van der Waals surface area contributed by atoms with E-state index >= 15 is 0 Å². The number of alkyl halides is 3. The number of rotatable bonds is 7. The molecule has 2 amide bonds. The van der Waals surface area contributed by atoms with Gasteiger partial charge in [-0.25, -0.2) is 4.79 Å². The Morgan fingerprint density at radius 1 is 1.11 bits per heavy atom. The third-order valence-electron chi connectivity index (χ3n) is 10.0. The number of urea groups is 1. The standard InChI is InChI=1S/C37H49F3N2O4/c1-6-19-42(34(45)41-24(2)3)23-36(46)18-16-32-30-15-13-26(20-29(43)14-12-25(4)9-8-17-35(32,36)5)21-31(30)33(44)27-10-7-11-28(22-27)37(38,39)40/h7,9-11,13,15,21-22,24,29,32,43,46H,6,8,12,14,16-20,23H2,1-5H3,(H,41,45). The van der Waals surface area contributed by atoms with Gasteiger partial charge in [0, 0.05) is 29.1 Å². The Morgan fingerprint density at radius 3 is 2.52 bits per heavy atom. The zero-order chi connectivity index (χ0) is 33.9. The average Bonchev–Trinajstić information content (AvgIpc) is 3.23. The third-order valence-corrected chi connectivity index (χ3v) is 10.0. The molecule has 6 nitrogen and oxygen atoms in total. The second-order valence-corrected chi connectivity index (χ2v) is 13.9. The maximum atomic E-state index is 14.1. The van der Waals surface area contributed by atoms with E-state index in [4.69, 9.17) is 0 Å². The van der Waals surface area contributed by atoms with Gasteiger partial charge in [0.25, 0.3) is 0 Å². The first-order chi connectivity index (χ1) is 21.6. The quantitative estimate of drug-likeness (QED) is 0.212. The van der Waals surface area contributed by atoms with Crippen LogP contribution in [0, 0.1) is 5.41 Å². The number of nitrogens with one attached hydrogen (secondary N) is 1. The van der Waals surface area contributed by atoms with Crippen molar-refractivity contribution in [2.75, 3.05) is 13.1 Å². The summed E-state index contributed by atoms with van der Waals surface area (Å²) in [6.45, 7) is 10.4. The fourth-order valence-electron chi connectivity index (χ4n) is 7.37. The molecule has 4 atom stereocenters. The number of hydrogen-bond donors (Lipinski definition) is 3. The molecule has 0 aliphatic heterocycles. The van der Waals surface area contributed by atoms with Crippen LogP contribution in [-0.4, -0.2) is 57.8 Å². The summed E-state index contributed by atoms with van der Waals surface area (Å²) in [4.78, 5) is 29.1. The highest BCUT2D eigenvalue weighted by Crippen LogP contribution is 2.59. The lowest BCUT2D eigenvalue weighted by molar-refractivity contribution is -0.137. The molecular formula is C37H49F3N2O4. The Balaban J connectivity index is 1.85. The van der Waals surface area contributed by atoms with Gasteiger partial charge in [-0.3, -0.25) is 4.79 Å². The third kappa shape index (κ3) is 7.85. The number of carbonyl (C=O) groups excluding carboxylic acids is 2. The summed E-state index contributed by atoms with van der Waals surface area (Å²) in [5, 5.41) is 26.3. The fourth-order valence-corrected chi connectivity index (χ4v) is 7.37. The van der Waals surface area contributed by atoms with Gasteiger partial charge >= 0.3 is 12.2 Å². The summed E-state index contributed by atoms with van der Waals surface area (Å²) in [6, 6.07) is 9.63. The minimum Gasteiger partial charge on any atom is -0.393 e. The lowest BCUT2D eigenvalue weighted by atomic mass is 9.64. The Labute approximate surface area is 271 Å². The summed E-state index contributed by atoms with van der Waals surface area (Å²) in [7, 11) is 0. The minimum absolute atomic E-state index is 0.0668. The van der Waals surface area contributed by atoms with Crippen LogP contribution in [0.3, 0.4) is 0 Å². The molecule has 0 radical (unpaired) electrons. The number of nitrogens with zero attached hydrogens (tertiary/aromatic N) is 1. The molecule has 5 rings (SSSR count). The average molecular weight is 643 g/mol. The Bertz CT molecular complexity index is 1440. The maximum Gasteiger partial charge on any atom is 0.416 e. The Hall–Kier alpha value is -3.17. The van der Waals surface area contributed by atoms with Crippen molar-refractivity contribution in [3.63, 3.8) is 0 Å². The van der Waals surface area contributed by atoms with Gasteiger partial charge in [-0.05, 0) is 107 Å². The van der Waals surface area contributed by atoms with E-state index in [1.807, 2.05) is 46.8 Å². The van der Waals surface area contributed by atoms with E-state index in [0.29, 0.717) is 63.5 Å². The number of hydrogen-bond acceptors (Lipinski definition) is 4. The first-order valence-electron chi connectivity index (χ1n) is 16.5. The Morgan fingerprint density at radius 2 is 1.85 bits per heavy atom. The smallest absolute Gasteiger partial charge is 0.393 e. The first-order valence-corrected chi connectivity index (χ1v) is 16.5. The van der Waals surface area contributed by atoms with E-state index in [1.165, 1.54) is 12.1 Å². The van der Waals surface area contributed by atoms with E-state index < -0.39 is 34.6 Å². The first kappa shape index (κ1) is 35.7. The number of amides is 2. The highest BCUT2D eigenvalue weighted by atomic mass is 19.4. The van der Waals surface area contributed by atoms with Crippen LogP contribution in [-0.2, 0) is 12.6 Å². The number of allylic oxidation sites excluding steroid dienone is 2. The van der Waals surface area contributed by atoms with Crippen LogP contribution >= 0.6 is 0 Å². The lowest BCUT2D eigenvalue weighted by Gasteiger charge is -2.46. The monoisotopic (exact) mass is 642 g/mol. The zero-order valence-corrected chi connectivity index (χ0v) is 27.7. The molecule has 2 bridgehead atoms. The van der Waals surface area contributed by atoms with Gasteiger partial charge in [0.05, 0.1) is 23.8 Å². The molecule has 2 aromatic carbocycles. The molecule has 4 unspecified atom stereocenters. The van der Waals surface area contributed by atoms with Crippen LogP contribution in [0.1, 0.15) is 118 Å². The molecule has 0 spiro atoms. The van der Waals surface area contributed by atoms with Gasteiger partial charge in [0.2, 0.25) is 0 Å². The van der Waals surface area contributed by atoms with E-state index in [1.54, 1.807) is 11.0 Å². The van der Waals surface area contributed by atoms with Gasteiger partial charge < -0.3 is 20.4 Å². The lowest BCUT2D eigenvalue weighted by Crippen LogP contribution is -2.56. The molecule has 3 N–H and O–H groups in total. The van der Waals surface area contributed by atoms with E-state index in [2.05, 4.69) is 11.4 Å². The number of aliphatic hydroxyl groups excluding tert-OH is 1. The molecule has 46 heavy (non-hydrogen) atoms. The molecule has 3 aliphatic rings. The van der Waals surface area contributed by atoms with E-state index in [9.17, 15) is 33.0 Å². The van der Waals surface area contributed by atoms with Crippen molar-refractivity contribution in [3.8, 4) is 0 Å². The van der Waals surface area contributed by atoms with Gasteiger partial charge in [-0.1, -0.05) is 49.8 Å². The molecule has 1 saturated carbocycles. The summed E-state index contributed by atoms with van der Waals surface area (Å²) in [5.41, 5.74) is -0.195. The van der Waals surface area contributed by atoms with E-state index in [-0.39, 0.29) is 35.7 Å². The highest BCUT2D eigenvalue weighted by molar-refractivity contribution is 6.10. The van der Waals surface area contributed by atoms with Crippen molar-refractivity contribution in [1.29, 1.82) is 0 Å². The van der Waals surface area contributed by atoms with Gasteiger partial charge in [0.1, 0.15) is 0 Å². The summed E-state index contributed by atoms with van der Waals surface area (Å²) < 4.78 is 40.9. The molecule has 3 aliphatic carbocycles. The summed E-state index contributed by atoms with van der Waals surface area (Å²) in [6.07, 6.45) is 1.29. The SMILES string of the molecule is CCCN(CC1(O)CCC2c3ccc(cc3C(=O)c3cccc(C(F)(F)F)c3)CC(O)CCC(C)=CCCC21C)C(=O)NC(C)C. The van der Waals surface area contributed by atoms with Crippen LogP contribution in [0.4, 0.5) is 18.0 Å². The van der Waals surface area contributed by atoms with Crippen molar-refractivity contribution in [2.24, 2.45) is 5.41 Å². The number of halogens is 3. The predicted molar refractivity (Wildman–Crippen MR) is 174 cm³/mol. The van der Waals surface area contributed by atoms with Crippen LogP contribution in [0.2, 0.25) is 0 Å². The highest BCUT2D eigenvalue weighted by Gasteiger charge is 2.57. The second kappa shape index (κ2) is 14.3. The summed E-state index contributed by atoms with van der Waals surface area (Å²) >= 11 is 0. The normalized spacial score (nSPS) is 25.5. The largest absolute Gasteiger partial charge is 0.416 e. The topological polar surface area (TPSA) is 89.9 Å². The fraction of sp³-hybridized carbons (Fsp3) is 0.568. The molecule has 9 heteroatoms. The van der Waals surface area contributed by atoms with Crippen molar-refractivity contribution in [2.45, 2.75) is 116 Å². The molecule has 1 fully saturated rings. The Kier molecular flexibility index (Phi) is 11.1. The van der Waals surface area contributed by atoms with Crippen LogP contribution in [0.15, 0.2) is 54.1 Å². The number of ketones is 1. The van der Waals surface area contributed by atoms with Crippen molar-refractivity contribution in [3.05, 3.63) is 81.9 Å². The number of benzene rings is 2. The van der Waals surface area contributed by atoms with Crippen LogP contribution in [0.25, 0.3) is 0 Å². The van der Waals surface area contributed by atoms with Gasteiger partial charge in [0.15, 0.2) is 5.78 Å². The van der Waals surface area contributed by atoms with Crippen molar-refractivity contribution >= 4 is 11.8 Å². The van der Waals surface area contributed by atoms with Crippen LogP contribution < -0.4 is 5.32 Å². The molecule has 0 aromatic heterocycles. The number of carbonyl (C=O) groups is 2.